The van der Waals surface area contributed by atoms with Crippen LogP contribution in [0.2, 0.25) is 0 Å². The van der Waals surface area contributed by atoms with Gasteiger partial charge in [0, 0.05) is 48.6 Å². The summed E-state index contributed by atoms with van der Waals surface area (Å²) < 4.78 is 6.25. The third-order valence-electron chi connectivity index (χ3n) is 10.6. The van der Waals surface area contributed by atoms with Crippen molar-refractivity contribution in [2.45, 2.75) is 74.7 Å². The Balaban J connectivity index is 1.08. The van der Waals surface area contributed by atoms with Crippen molar-refractivity contribution in [1.82, 2.24) is 25.0 Å². The molecule has 1 aliphatic carbocycles. The van der Waals surface area contributed by atoms with E-state index < -0.39 is 29.6 Å². The second-order valence-corrected chi connectivity index (χ2v) is 13.2. The lowest BCUT2D eigenvalue weighted by atomic mass is 9.72. The molecule has 1 aromatic heterocycles. The molecule has 224 valence electrons. The molecule has 5 heterocycles. The number of amides is 3. The number of likely N-dealkylation sites (N-methyl/N-ethyl adjacent to an activating group) is 1. The number of nitrogens with one attached hydrogen (secondary N) is 2. The van der Waals surface area contributed by atoms with Crippen LogP contribution in [-0.4, -0.2) is 92.4 Å². The van der Waals surface area contributed by atoms with Gasteiger partial charge in [-0.1, -0.05) is 42.5 Å². The molecule has 0 saturated carbocycles. The Hall–Kier alpha value is -3.73. The number of ether oxygens (including phenoxy) is 1. The third-order valence-corrected chi connectivity index (χ3v) is 10.6. The summed E-state index contributed by atoms with van der Waals surface area (Å²) in [5.41, 5.74) is 2.74. The molecule has 4 aliphatic heterocycles. The van der Waals surface area contributed by atoms with E-state index in [1.807, 2.05) is 30.3 Å². The Morgan fingerprint density at radius 2 is 1.98 bits per heavy atom. The van der Waals surface area contributed by atoms with E-state index in [-0.39, 0.29) is 36.1 Å². The first-order chi connectivity index (χ1) is 20.7. The number of hydrogen-bond acceptors (Lipinski definition) is 6. The minimum absolute atomic E-state index is 0.171. The SMILES string of the molecule is CN1CC(C(=O)N[C@]2(C)O[C@@]3(O)C4CCCN4C(=O)C(Cc4ccccc4)N3C2=O)CC2c3cccc4[nH]cc(c34)CC21. The monoisotopic (exact) mass is 583 g/mol. The van der Waals surface area contributed by atoms with E-state index in [9.17, 15) is 19.5 Å². The maximum atomic E-state index is 14.2. The van der Waals surface area contributed by atoms with Crippen molar-refractivity contribution in [1.29, 1.82) is 0 Å². The van der Waals surface area contributed by atoms with Gasteiger partial charge in [0.1, 0.15) is 12.1 Å². The van der Waals surface area contributed by atoms with Crippen molar-refractivity contribution >= 4 is 28.6 Å². The highest BCUT2D eigenvalue weighted by Gasteiger charge is 2.70. The summed E-state index contributed by atoms with van der Waals surface area (Å²) in [7, 11) is 2.06. The Morgan fingerprint density at radius 3 is 2.79 bits per heavy atom. The number of aromatic nitrogens is 1. The van der Waals surface area contributed by atoms with Crippen LogP contribution in [0, 0.1) is 5.92 Å². The fourth-order valence-electron chi connectivity index (χ4n) is 8.65. The van der Waals surface area contributed by atoms with Gasteiger partial charge in [-0.25, -0.2) is 0 Å². The molecule has 3 aromatic rings. The Bertz CT molecular complexity index is 1640. The van der Waals surface area contributed by atoms with E-state index in [2.05, 4.69) is 46.6 Å². The van der Waals surface area contributed by atoms with E-state index in [1.54, 1.807) is 4.90 Å². The lowest BCUT2D eigenvalue weighted by Crippen LogP contribution is -2.71. The van der Waals surface area contributed by atoms with Gasteiger partial charge in [-0.3, -0.25) is 24.0 Å². The number of carbonyl (C=O) groups is 3. The van der Waals surface area contributed by atoms with Crippen LogP contribution in [-0.2, 0) is 32.0 Å². The summed E-state index contributed by atoms with van der Waals surface area (Å²) in [6, 6.07) is 14.4. The Morgan fingerprint density at radius 1 is 1.16 bits per heavy atom. The van der Waals surface area contributed by atoms with Gasteiger partial charge in [0.15, 0.2) is 0 Å². The second kappa shape index (κ2) is 9.38. The minimum Gasteiger partial charge on any atom is -0.361 e. The first kappa shape index (κ1) is 26.9. The van der Waals surface area contributed by atoms with Gasteiger partial charge in [0.2, 0.25) is 17.5 Å². The Kier molecular flexibility index (Phi) is 5.86. The van der Waals surface area contributed by atoms with Crippen molar-refractivity contribution < 1.29 is 24.2 Å². The van der Waals surface area contributed by atoms with Gasteiger partial charge in [-0.2, -0.15) is 0 Å². The van der Waals surface area contributed by atoms with E-state index in [1.165, 1.54) is 28.3 Å². The number of H-pyrrole nitrogens is 1. The number of rotatable bonds is 4. The van der Waals surface area contributed by atoms with Crippen LogP contribution < -0.4 is 5.32 Å². The van der Waals surface area contributed by atoms with Crippen molar-refractivity contribution in [3.8, 4) is 0 Å². The van der Waals surface area contributed by atoms with Gasteiger partial charge in [0.05, 0.1) is 5.92 Å². The van der Waals surface area contributed by atoms with E-state index >= 15 is 0 Å². The lowest BCUT2D eigenvalue weighted by Gasteiger charge is -2.48. The third kappa shape index (κ3) is 3.86. The van der Waals surface area contributed by atoms with Gasteiger partial charge in [-0.15, -0.1) is 0 Å². The summed E-state index contributed by atoms with van der Waals surface area (Å²) in [4.78, 5) is 50.4. The van der Waals surface area contributed by atoms with Crippen LogP contribution in [0.1, 0.15) is 48.8 Å². The molecule has 43 heavy (non-hydrogen) atoms. The van der Waals surface area contributed by atoms with Gasteiger partial charge in [0.25, 0.3) is 11.8 Å². The average Bonchev–Trinajstić information content (AvgIpc) is 3.70. The molecule has 4 fully saturated rings. The molecule has 0 radical (unpaired) electrons. The van der Waals surface area contributed by atoms with E-state index in [4.69, 9.17) is 4.74 Å². The highest BCUT2D eigenvalue weighted by Crippen LogP contribution is 2.47. The summed E-state index contributed by atoms with van der Waals surface area (Å²) in [6.45, 7) is 2.56. The lowest BCUT2D eigenvalue weighted by molar-refractivity contribution is -0.315. The molecule has 3 N–H and O–H groups in total. The van der Waals surface area contributed by atoms with Gasteiger partial charge < -0.3 is 25.2 Å². The van der Waals surface area contributed by atoms with Crippen molar-refractivity contribution in [2.75, 3.05) is 20.1 Å². The molecule has 5 aliphatic rings. The maximum Gasteiger partial charge on any atom is 0.280 e. The minimum atomic E-state index is -2.03. The number of nitrogens with zero attached hydrogens (tertiary/aromatic N) is 3. The molecule has 10 heteroatoms. The van der Waals surface area contributed by atoms with E-state index in [0.29, 0.717) is 32.4 Å². The number of hydrogen-bond donors (Lipinski definition) is 3. The van der Waals surface area contributed by atoms with E-state index in [0.717, 1.165) is 17.5 Å². The maximum absolute atomic E-state index is 14.2. The first-order valence-electron chi connectivity index (χ1n) is 15.4. The van der Waals surface area contributed by atoms with Crippen LogP contribution in [0.25, 0.3) is 10.9 Å². The second-order valence-electron chi connectivity index (χ2n) is 13.2. The number of piperazine rings is 1. The largest absolute Gasteiger partial charge is 0.361 e. The smallest absolute Gasteiger partial charge is 0.280 e. The average molecular weight is 584 g/mol. The zero-order valence-corrected chi connectivity index (χ0v) is 24.5. The number of piperidine rings is 1. The summed E-state index contributed by atoms with van der Waals surface area (Å²) in [5.74, 6) is -3.31. The van der Waals surface area contributed by atoms with Crippen molar-refractivity contribution in [2.24, 2.45) is 5.92 Å². The predicted octanol–water partition coefficient (Wildman–Crippen LogP) is 2.08. The Labute approximate surface area is 250 Å². The first-order valence-corrected chi connectivity index (χ1v) is 15.4. The normalized spacial score (nSPS) is 35.2. The summed E-state index contributed by atoms with van der Waals surface area (Å²) in [6.07, 6.45) is 5.13. The fraction of sp³-hybridized carbons (Fsp3) is 0.485. The molecule has 4 saturated heterocycles. The quantitative estimate of drug-likeness (QED) is 0.433. The van der Waals surface area contributed by atoms with Crippen LogP contribution in [0.4, 0.5) is 0 Å². The van der Waals surface area contributed by atoms with Crippen molar-refractivity contribution in [3.05, 3.63) is 71.4 Å². The van der Waals surface area contributed by atoms with Crippen molar-refractivity contribution in [3.63, 3.8) is 0 Å². The highest BCUT2D eigenvalue weighted by molar-refractivity contribution is 5.97. The van der Waals surface area contributed by atoms with Crippen LogP contribution in [0.3, 0.4) is 0 Å². The standard InChI is InChI=1S/C33H37N5O5/c1-32(35-29(39)21-15-23-22-10-6-11-24-28(22)20(17-34-24)16-25(23)36(2)18-21)31(41)38-26(14-19-8-4-3-5-9-19)30(40)37-13-7-12-27(37)33(38,42)43-32/h3-6,8-11,17,21,23,25-27,34,42H,7,12-16,18H2,1-2H3,(H,35,39)/t21?,23?,25?,26?,27?,32-,33+/m1/s1. The predicted molar refractivity (Wildman–Crippen MR) is 157 cm³/mol. The van der Waals surface area contributed by atoms with Gasteiger partial charge >= 0.3 is 0 Å². The molecular formula is C33H37N5O5. The molecule has 2 aromatic carbocycles. The number of likely N-dealkylation sites (tertiary alicyclic amines) is 1. The highest BCUT2D eigenvalue weighted by atomic mass is 16.7. The molecule has 0 spiro atoms. The number of carbonyl (C=O) groups excluding carboxylic acids is 3. The molecule has 10 nitrogen and oxygen atoms in total. The summed E-state index contributed by atoms with van der Waals surface area (Å²) in [5, 5.41) is 16.2. The molecular weight excluding hydrogens is 546 g/mol. The van der Waals surface area contributed by atoms with Gasteiger partial charge in [-0.05, 0) is 62.4 Å². The number of benzene rings is 2. The van der Waals surface area contributed by atoms with Crippen LogP contribution in [0.5, 0.6) is 0 Å². The molecule has 3 amide bonds. The topological polar surface area (TPSA) is 118 Å². The molecule has 5 unspecified atom stereocenters. The molecule has 0 bridgehead atoms. The van der Waals surface area contributed by atoms with Crippen LogP contribution in [0.15, 0.2) is 54.7 Å². The zero-order chi connectivity index (χ0) is 29.7. The molecule has 7 atom stereocenters. The fourth-order valence-corrected chi connectivity index (χ4v) is 8.65. The zero-order valence-electron chi connectivity index (χ0n) is 24.5. The van der Waals surface area contributed by atoms with Crippen LogP contribution >= 0.6 is 0 Å². The molecule has 8 rings (SSSR count). The summed E-state index contributed by atoms with van der Waals surface area (Å²) >= 11 is 0. The number of aromatic amines is 1. The number of aliphatic hydroxyl groups is 1. The number of fused-ring (bicyclic) bond motifs is 5.